The lowest BCUT2D eigenvalue weighted by Crippen LogP contribution is -2.54. The van der Waals surface area contributed by atoms with Crippen LogP contribution in [-0.2, 0) is 11.2 Å². The van der Waals surface area contributed by atoms with E-state index < -0.39 is 0 Å². The summed E-state index contributed by atoms with van der Waals surface area (Å²) < 4.78 is 7.30. The van der Waals surface area contributed by atoms with Crippen LogP contribution in [0, 0.1) is 5.41 Å². The first kappa shape index (κ1) is 17.0. The topological polar surface area (TPSA) is 35.2 Å². The van der Waals surface area contributed by atoms with E-state index >= 15 is 0 Å². The van der Waals surface area contributed by atoms with Crippen molar-refractivity contribution in [2.24, 2.45) is 11.1 Å². The summed E-state index contributed by atoms with van der Waals surface area (Å²) in [4.78, 5) is 0. The fourth-order valence-electron chi connectivity index (χ4n) is 3.32. The Bertz CT molecular complexity index is 445. The Morgan fingerprint density at radius 2 is 1.71 bits per heavy atom. The predicted octanol–water partition coefficient (Wildman–Crippen LogP) is 4.69. The van der Waals surface area contributed by atoms with Gasteiger partial charge in [-0.3, -0.25) is 0 Å². The Morgan fingerprint density at radius 1 is 1.14 bits per heavy atom. The average Bonchev–Trinajstić information content (AvgIpc) is 2.44. The highest BCUT2D eigenvalue weighted by atomic mass is 79.9. The van der Waals surface area contributed by atoms with Crippen LogP contribution in [0.1, 0.15) is 52.0 Å². The maximum atomic E-state index is 6.59. The first-order valence-corrected chi connectivity index (χ1v) is 8.80. The van der Waals surface area contributed by atoms with Gasteiger partial charge in [0.1, 0.15) is 0 Å². The molecule has 21 heavy (non-hydrogen) atoms. The summed E-state index contributed by atoms with van der Waals surface area (Å²) in [7, 11) is 0. The highest BCUT2D eigenvalue weighted by molar-refractivity contribution is 9.10. The summed E-state index contributed by atoms with van der Waals surface area (Å²) >= 11 is 3.48. The van der Waals surface area contributed by atoms with Crippen LogP contribution in [0.15, 0.2) is 28.7 Å². The van der Waals surface area contributed by atoms with E-state index in [1.807, 2.05) is 0 Å². The SMILES string of the molecule is CCOC1(C(N)Cc2ccc(Br)cc2)CCC(C)(C)CC1. The van der Waals surface area contributed by atoms with Gasteiger partial charge in [-0.15, -0.1) is 0 Å². The molecule has 2 nitrogen and oxygen atoms in total. The van der Waals surface area contributed by atoms with Gasteiger partial charge in [0, 0.05) is 17.1 Å². The van der Waals surface area contributed by atoms with Crippen molar-refractivity contribution in [2.45, 2.75) is 64.5 Å². The summed E-state index contributed by atoms with van der Waals surface area (Å²) in [6.45, 7) is 7.52. The Labute approximate surface area is 137 Å². The van der Waals surface area contributed by atoms with Gasteiger partial charge in [0.25, 0.3) is 0 Å². The minimum absolute atomic E-state index is 0.0646. The van der Waals surface area contributed by atoms with Gasteiger partial charge >= 0.3 is 0 Å². The van der Waals surface area contributed by atoms with Crippen molar-refractivity contribution < 1.29 is 4.74 Å². The molecule has 0 heterocycles. The molecule has 0 bridgehead atoms. The Hall–Kier alpha value is -0.380. The second kappa shape index (κ2) is 6.80. The van der Waals surface area contributed by atoms with E-state index in [2.05, 4.69) is 61.0 Å². The zero-order chi connectivity index (χ0) is 15.5. The minimum Gasteiger partial charge on any atom is -0.374 e. The van der Waals surface area contributed by atoms with Gasteiger partial charge in [-0.25, -0.2) is 0 Å². The van der Waals surface area contributed by atoms with E-state index in [0.29, 0.717) is 5.41 Å². The molecule has 2 N–H and O–H groups in total. The molecule has 1 atom stereocenters. The summed E-state index contributed by atoms with van der Waals surface area (Å²) in [6.07, 6.45) is 5.42. The molecular weight excluding hydrogens is 326 g/mol. The molecule has 0 radical (unpaired) electrons. The van der Waals surface area contributed by atoms with E-state index in [0.717, 1.165) is 30.3 Å². The van der Waals surface area contributed by atoms with Crippen LogP contribution in [0.4, 0.5) is 0 Å². The predicted molar refractivity (Wildman–Crippen MR) is 92.4 cm³/mol. The van der Waals surface area contributed by atoms with Gasteiger partial charge in [0.05, 0.1) is 5.60 Å². The number of hydrogen-bond donors (Lipinski definition) is 1. The van der Waals surface area contributed by atoms with Crippen molar-refractivity contribution in [1.29, 1.82) is 0 Å². The second-order valence-electron chi connectivity index (χ2n) is 7.10. The molecule has 3 heteroatoms. The minimum atomic E-state index is -0.142. The number of halogens is 1. The Morgan fingerprint density at radius 3 is 2.24 bits per heavy atom. The Kier molecular flexibility index (Phi) is 5.50. The summed E-state index contributed by atoms with van der Waals surface area (Å²) in [5, 5.41) is 0. The molecule has 2 rings (SSSR count). The third-order valence-electron chi connectivity index (χ3n) is 4.93. The van der Waals surface area contributed by atoms with Crippen molar-refractivity contribution in [2.75, 3.05) is 6.61 Å². The van der Waals surface area contributed by atoms with Gasteiger partial charge in [-0.1, -0.05) is 41.9 Å². The maximum Gasteiger partial charge on any atom is 0.0836 e. The molecule has 1 aliphatic rings. The molecule has 1 aromatic carbocycles. The van der Waals surface area contributed by atoms with Crippen LogP contribution >= 0.6 is 15.9 Å². The van der Waals surface area contributed by atoms with Crippen molar-refractivity contribution >= 4 is 15.9 Å². The smallest absolute Gasteiger partial charge is 0.0836 e. The fourth-order valence-corrected chi connectivity index (χ4v) is 3.58. The molecule has 0 saturated heterocycles. The van der Waals surface area contributed by atoms with Crippen molar-refractivity contribution in [3.8, 4) is 0 Å². The molecule has 1 unspecified atom stereocenters. The first-order valence-electron chi connectivity index (χ1n) is 8.01. The standard InChI is InChI=1S/C18H28BrNO/c1-4-21-18(11-9-17(2,3)10-12-18)16(20)13-14-5-7-15(19)8-6-14/h5-8,16H,4,9-13,20H2,1-3H3. The number of ether oxygens (including phenoxy) is 1. The highest BCUT2D eigenvalue weighted by Crippen LogP contribution is 2.43. The van der Waals surface area contributed by atoms with Gasteiger partial charge in [-0.2, -0.15) is 0 Å². The average molecular weight is 354 g/mol. The Balaban J connectivity index is 2.08. The van der Waals surface area contributed by atoms with E-state index in [1.165, 1.54) is 18.4 Å². The van der Waals surface area contributed by atoms with E-state index in [1.54, 1.807) is 0 Å². The molecule has 1 aliphatic carbocycles. The molecule has 118 valence electrons. The third-order valence-corrected chi connectivity index (χ3v) is 5.45. The molecule has 0 aliphatic heterocycles. The normalized spacial score (nSPS) is 22.0. The number of hydrogen-bond acceptors (Lipinski definition) is 2. The van der Waals surface area contributed by atoms with Crippen molar-refractivity contribution in [3.63, 3.8) is 0 Å². The van der Waals surface area contributed by atoms with Gasteiger partial charge < -0.3 is 10.5 Å². The maximum absolute atomic E-state index is 6.59. The monoisotopic (exact) mass is 353 g/mol. The summed E-state index contributed by atoms with van der Waals surface area (Å²) in [5.41, 5.74) is 8.17. The van der Waals surface area contributed by atoms with Gasteiger partial charge in [-0.05, 0) is 62.1 Å². The van der Waals surface area contributed by atoms with Crippen molar-refractivity contribution in [1.82, 2.24) is 0 Å². The molecule has 0 aromatic heterocycles. The lowest BCUT2D eigenvalue weighted by molar-refractivity contribution is -0.0987. The number of nitrogens with two attached hydrogens (primary N) is 1. The molecule has 1 aromatic rings. The van der Waals surface area contributed by atoms with Crippen LogP contribution < -0.4 is 5.73 Å². The van der Waals surface area contributed by atoms with E-state index in [9.17, 15) is 0 Å². The fraction of sp³-hybridized carbons (Fsp3) is 0.667. The lowest BCUT2D eigenvalue weighted by Gasteiger charge is -2.46. The molecule has 1 saturated carbocycles. The highest BCUT2D eigenvalue weighted by Gasteiger charge is 2.43. The van der Waals surface area contributed by atoms with Crippen LogP contribution in [0.3, 0.4) is 0 Å². The van der Waals surface area contributed by atoms with Gasteiger partial charge in [0.2, 0.25) is 0 Å². The summed E-state index contributed by atoms with van der Waals surface area (Å²) in [5.74, 6) is 0. The molecule has 0 spiro atoms. The van der Waals surface area contributed by atoms with Gasteiger partial charge in [0.15, 0.2) is 0 Å². The van der Waals surface area contributed by atoms with E-state index in [4.69, 9.17) is 10.5 Å². The quantitative estimate of drug-likeness (QED) is 0.832. The van der Waals surface area contributed by atoms with E-state index in [-0.39, 0.29) is 11.6 Å². The molecular formula is C18H28BrNO. The van der Waals surface area contributed by atoms with Crippen LogP contribution in [0.25, 0.3) is 0 Å². The van der Waals surface area contributed by atoms with Crippen LogP contribution in [0.5, 0.6) is 0 Å². The lowest BCUT2D eigenvalue weighted by atomic mass is 9.68. The first-order chi connectivity index (χ1) is 9.87. The number of rotatable bonds is 5. The van der Waals surface area contributed by atoms with Crippen molar-refractivity contribution in [3.05, 3.63) is 34.3 Å². The number of benzene rings is 1. The largest absolute Gasteiger partial charge is 0.374 e. The van der Waals surface area contributed by atoms with Crippen LogP contribution in [-0.4, -0.2) is 18.2 Å². The molecule has 1 fully saturated rings. The molecule has 0 amide bonds. The second-order valence-corrected chi connectivity index (χ2v) is 8.01. The zero-order valence-corrected chi connectivity index (χ0v) is 15.1. The van der Waals surface area contributed by atoms with Crippen LogP contribution in [0.2, 0.25) is 0 Å². The zero-order valence-electron chi connectivity index (χ0n) is 13.5. The third kappa shape index (κ3) is 4.30. The summed E-state index contributed by atoms with van der Waals surface area (Å²) in [6, 6.07) is 8.53.